The molecule has 4 atom stereocenters. The molecular weight excluding hydrogens is 1800 g/mol. The Morgan fingerprint density at radius 2 is 0.748 bits per heavy atom. The fourth-order valence-electron chi connectivity index (χ4n) is 13.0. The van der Waals surface area contributed by atoms with Crippen LogP contribution in [0.3, 0.4) is 0 Å². The van der Waals surface area contributed by atoms with Crippen LogP contribution in [0, 0.1) is 30.1 Å². The summed E-state index contributed by atoms with van der Waals surface area (Å²) in [5, 5.41) is 10.3. The van der Waals surface area contributed by atoms with Gasteiger partial charge in [0.15, 0.2) is 5.75 Å². The summed E-state index contributed by atoms with van der Waals surface area (Å²) in [6.45, 7) is 43.3. The third kappa shape index (κ3) is 19.4. The molecule has 0 spiro atoms. The third-order valence-corrected chi connectivity index (χ3v) is 36.4. The van der Waals surface area contributed by atoms with Crippen LogP contribution < -0.4 is 62.8 Å². The van der Waals surface area contributed by atoms with Crippen molar-refractivity contribution in [2.24, 2.45) is 16.2 Å². The second-order valence-electron chi connectivity index (χ2n) is 33.6. The summed E-state index contributed by atoms with van der Waals surface area (Å²) in [5.41, 5.74) is 1.34. The minimum absolute atomic E-state index is 0. The van der Waals surface area contributed by atoms with Crippen molar-refractivity contribution in [1.82, 2.24) is 0 Å². The van der Waals surface area contributed by atoms with Gasteiger partial charge in [0.05, 0.1) is 60.7 Å². The molecule has 4 heterocycles. The van der Waals surface area contributed by atoms with Crippen molar-refractivity contribution >= 4 is 132 Å². The monoisotopic (exact) mass is 1920 g/mol. The topological polar surface area (TPSA) is 211 Å². The fraction of sp³-hybridized carbons (Fsp3) is 0.512. The van der Waals surface area contributed by atoms with E-state index >= 15 is 0 Å². The predicted octanol–water partition coefficient (Wildman–Crippen LogP) is 19.1. The van der Waals surface area contributed by atoms with Gasteiger partial charge in [-0.25, -0.2) is 0 Å². The van der Waals surface area contributed by atoms with Gasteiger partial charge in [0.25, 0.3) is 0 Å². The van der Waals surface area contributed by atoms with Crippen LogP contribution in [0.1, 0.15) is 184 Å². The van der Waals surface area contributed by atoms with Crippen LogP contribution in [0.4, 0.5) is 30.2 Å². The second-order valence-corrected chi connectivity index (χ2v) is 65.7. The average molecular weight is 1920 g/mol. The number of methoxy groups -OCH3 is 2. The number of carbonyl (C=O) groups is 3. The molecule has 0 bridgehead atoms. The van der Waals surface area contributed by atoms with E-state index in [0.29, 0.717) is 24.2 Å². The standard InChI is InChI=1S/C24H32NO3P.C20H25O2P.C17H23F3NO5PS.C16H24NO3P.3CH4.I3/c1-16-11-9-14-19(28-8)20(16)17-12-10-13-18-21(17)29(27,24(5,6)7)15-25(18)22(26)23(2,3)4;1-14-8-6-11-17(22-5)18(14)16-10-7-9-15-12-13-23(21,19(15)16)20(2,3)4;1-15(2,3)14(22)21-10-27(23,16(4,5)6)13-11(21)8-7-9-12(13)26-28(24,25)17(18,19)20;1-15(2,3)14(19)17-10-21(20,16(4,5)6)13-11(17)8-7-9-12(13)18;;;;1-3-2/h9-14H,15H2,1-8H3;6-11H,12-13H2,1-5H3;7-9H,10H2,1-6H3;7-9,18H,10H2,1-6H3;3*1H4;/q;;;;;;;-1. The number of aryl methyl sites for hydroxylation is 3. The third-order valence-electron chi connectivity index (χ3n) is 19.1. The molecule has 4 aliphatic heterocycles. The predicted molar refractivity (Wildman–Crippen MR) is 457 cm³/mol. The molecule has 6 aromatic rings. The Morgan fingerprint density at radius 1 is 0.449 bits per heavy atom. The molecule has 1 N–H and O–H groups in total. The molecule has 0 saturated carbocycles. The van der Waals surface area contributed by atoms with E-state index in [-0.39, 0.29) is 80.8 Å². The van der Waals surface area contributed by atoms with Gasteiger partial charge < -0.3 is 51.7 Å². The number of nitrogens with zero attached hydrogens (tertiary/aromatic N) is 3. The fourth-order valence-corrected chi connectivity index (χ4v) is 25.8. The summed E-state index contributed by atoms with van der Waals surface area (Å²) in [4.78, 5) is 43.4. The van der Waals surface area contributed by atoms with Crippen LogP contribution in [0.2, 0.25) is 0 Å². The number of aromatic hydroxyl groups is 1. The van der Waals surface area contributed by atoms with Crippen LogP contribution in [-0.2, 0) is 49.2 Å². The van der Waals surface area contributed by atoms with Gasteiger partial charge in [-0.15, -0.1) is 0 Å². The molecule has 0 radical (unpaired) electrons. The first-order valence-corrected chi connectivity index (χ1v) is 55.5. The summed E-state index contributed by atoms with van der Waals surface area (Å²) < 4.78 is 133. The van der Waals surface area contributed by atoms with E-state index in [1.165, 1.54) is 22.6 Å². The Hall–Kier alpha value is -4.22. The Balaban J connectivity index is 0.000000364. The van der Waals surface area contributed by atoms with Crippen LogP contribution >= 0.6 is 65.8 Å². The number of benzene rings is 6. The number of phenols is 1. The zero-order chi connectivity index (χ0) is 79.4. The normalized spacial score (nSPS) is 19.6. The van der Waals surface area contributed by atoms with Crippen molar-refractivity contribution in [3.8, 4) is 45.3 Å². The van der Waals surface area contributed by atoms with Gasteiger partial charge in [-0.1, -0.05) is 234 Å². The number of anilines is 3. The van der Waals surface area contributed by atoms with Crippen molar-refractivity contribution in [3.05, 3.63) is 126 Å². The van der Waals surface area contributed by atoms with E-state index in [2.05, 4.69) is 93.4 Å². The van der Waals surface area contributed by atoms with E-state index in [1.54, 1.807) is 83.8 Å². The Labute approximate surface area is 667 Å². The summed E-state index contributed by atoms with van der Waals surface area (Å²) >= 11 is 5.30. The Morgan fingerprint density at radius 3 is 1.10 bits per heavy atom. The van der Waals surface area contributed by atoms with E-state index in [1.807, 2.05) is 139 Å². The number of amides is 3. The first-order valence-electron chi connectivity index (χ1n) is 34.0. The molecule has 10 rings (SSSR count). The molecule has 0 aromatic heterocycles. The Bertz CT molecular complexity index is 4600. The Kier molecular flexibility index (Phi) is 31.4. The molecule has 0 aliphatic carbocycles. The molecule has 6 aromatic carbocycles. The van der Waals surface area contributed by atoms with E-state index in [4.69, 9.17) is 9.47 Å². The van der Waals surface area contributed by atoms with Crippen molar-refractivity contribution in [2.75, 3.05) is 53.9 Å². The summed E-state index contributed by atoms with van der Waals surface area (Å²) in [7, 11) is -14.4. The molecule has 3 amide bonds. The van der Waals surface area contributed by atoms with Gasteiger partial charge in [-0.05, 0) is 90.6 Å². The first-order chi connectivity index (χ1) is 47.3. The maximum atomic E-state index is 14.6. The zero-order valence-electron chi connectivity index (χ0n) is 64.6. The molecule has 4 aliphatic rings. The molecule has 27 heteroatoms. The number of carbonyl (C=O) groups excluding carboxylic acids is 3. The number of ether oxygens (including phenoxy) is 2. The molecular formula is C80H116F3I3N3O13P4S-. The van der Waals surface area contributed by atoms with Crippen molar-refractivity contribution in [3.63, 3.8) is 0 Å². The van der Waals surface area contributed by atoms with Gasteiger partial charge in [0.1, 0.15) is 45.8 Å². The van der Waals surface area contributed by atoms with Crippen molar-refractivity contribution in [1.29, 1.82) is 0 Å². The zero-order valence-corrected chi connectivity index (χ0v) is 75.4. The van der Waals surface area contributed by atoms with Gasteiger partial charge in [0.2, 0.25) is 17.7 Å². The summed E-state index contributed by atoms with van der Waals surface area (Å²) in [5.74, 6) is 0.495. The molecule has 0 saturated heterocycles. The summed E-state index contributed by atoms with van der Waals surface area (Å²) in [6.07, 6.45) is 1.85. The van der Waals surface area contributed by atoms with E-state index in [9.17, 15) is 59.3 Å². The van der Waals surface area contributed by atoms with Gasteiger partial charge in [0, 0.05) is 64.8 Å². The SMILES string of the molecule is C.C.C.CC(C)(C)C(=O)N1CP(=O)(C(C)(C)C)c2c(O)cccc21.CC(C)(C)C(=O)N1CP(=O)(C(C)(C)C)c2c(OS(=O)(=O)C(F)(F)F)cccc21.COc1cccc(C)c1-c1cccc2c1P(=O)(C(C)(C)C)CC2.COc1cccc(C)c1-c1cccc2c1P(=O)(C(C)(C)C)CN2C(=O)C(C)(C)C.I[I-]I. The van der Waals surface area contributed by atoms with Crippen molar-refractivity contribution < 1.29 is 86.3 Å². The van der Waals surface area contributed by atoms with Crippen LogP contribution in [0.25, 0.3) is 22.3 Å². The molecule has 0 fully saturated rings. The number of halogens is 6. The van der Waals surface area contributed by atoms with Gasteiger partial charge >= 0.3 is 66.1 Å². The summed E-state index contributed by atoms with van der Waals surface area (Å²) in [6, 6.07) is 32.9. The second kappa shape index (κ2) is 34.6. The minimum atomic E-state index is -5.96. The van der Waals surface area contributed by atoms with Gasteiger partial charge in [-0.2, -0.15) is 21.6 Å². The van der Waals surface area contributed by atoms with Crippen molar-refractivity contribution in [2.45, 2.75) is 214 Å². The molecule has 598 valence electrons. The van der Waals surface area contributed by atoms with Crippen LogP contribution in [0.15, 0.2) is 109 Å². The van der Waals surface area contributed by atoms with Crippen LogP contribution in [-0.4, -0.2) is 96.6 Å². The number of hydrogen-bond donors (Lipinski definition) is 1. The van der Waals surface area contributed by atoms with Gasteiger partial charge in [-0.3, -0.25) is 14.4 Å². The van der Waals surface area contributed by atoms with E-state index in [0.717, 1.165) is 79.8 Å². The number of fused-ring (bicyclic) bond motifs is 4. The molecule has 4 unspecified atom stereocenters. The number of phenolic OH excluding ortho intramolecular Hbond substituents is 1. The van der Waals surface area contributed by atoms with E-state index < -0.39 is 81.7 Å². The quantitative estimate of drug-likeness (QED) is 0.0712. The van der Waals surface area contributed by atoms with Crippen LogP contribution in [0.5, 0.6) is 23.0 Å². The number of alkyl halides is 3. The maximum absolute atomic E-state index is 14.6. The molecule has 107 heavy (non-hydrogen) atoms. The average Bonchev–Trinajstić information content (AvgIpc) is 1.67. The molecule has 16 nitrogen and oxygen atoms in total. The number of rotatable bonds is 6. The number of hydrogen-bond acceptors (Lipinski definition) is 13. The first kappa shape index (κ1) is 97.0.